The molecule has 0 spiro atoms. The van der Waals surface area contributed by atoms with Crippen LogP contribution in [0.2, 0.25) is 0 Å². The molecular formula is C24H22FN3O2S2. The number of ketones is 1. The first-order valence-corrected chi connectivity index (χ1v) is 12.3. The number of allylic oxidation sites excluding steroid dienone is 2. The summed E-state index contributed by atoms with van der Waals surface area (Å²) in [6, 6.07) is 10.5. The normalized spacial score (nSPS) is 19.3. The van der Waals surface area contributed by atoms with Crippen molar-refractivity contribution in [3.63, 3.8) is 0 Å². The number of nitrogens with zero attached hydrogens (tertiary/aromatic N) is 1. The number of H-pyrrole nitrogens is 1. The van der Waals surface area contributed by atoms with Gasteiger partial charge in [0.25, 0.3) is 5.56 Å². The molecule has 5 nitrogen and oxygen atoms in total. The third kappa shape index (κ3) is 3.82. The Labute approximate surface area is 193 Å². The second-order valence-electron chi connectivity index (χ2n) is 8.92. The number of aromatic nitrogens is 2. The number of hydrogen-bond acceptors (Lipinski definition) is 6. The number of hydrogen-bond donors (Lipinski definition) is 2. The van der Waals surface area contributed by atoms with Gasteiger partial charge in [-0.2, -0.15) is 0 Å². The minimum absolute atomic E-state index is 0.0743. The molecule has 1 atom stereocenters. The van der Waals surface area contributed by atoms with E-state index in [-0.39, 0.29) is 22.6 Å². The third-order valence-corrected chi connectivity index (χ3v) is 7.71. The van der Waals surface area contributed by atoms with Gasteiger partial charge in [0.1, 0.15) is 11.6 Å². The summed E-state index contributed by atoms with van der Waals surface area (Å²) in [5.41, 5.74) is 2.10. The number of thioether (sulfide) groups is 1. The lowest BCUT2D eigenvalue weighted by atomic mass is 9.70. The molecule has 0 saturated heterocycles. The van der Waals surface area contributed by atoms with Gasteiger partial charge in [0, 0.05) is 28.3 Å². The monoisotopic (exact) mass is 467 g/mol. The molecule has 0 saturated carbocycles. The molecule has 3 heterocycles. The number of anilines is 1. The highest BCUT2D eigenvalue weighted by atomic mass is 32.2. The lowest BCUT2D eigenvalue weighted by Gasteiger charge is -2.38. The third-order valence-electron chi connectivity index (χ3n) is 5.85. The molecule has 2 aliphatic rings. The number of carbonyl (C=O) groups excluding carboxylic acids is 1. The van der Waals surface area contributed by atoms with Crippen molar-refractivity contribution in [2.24, 2.45) is 5.41 Å². The highest BCUT2D eigenvalue weighted by Gasteiger charge is 2.42. The molecule has 0 unspecified atom stereocenters. The van der Waals surface area contributed by atoms with Gasteiger partial charge in [0.2, 0.25) is 0 Å². The Kier molecular flexibility index (Phi) is 5.29. The van der Waals surface area contributed by atoms with Gasteiger partial charge in [0.15, 0.2) is 10.9 Å². The number of carbonyl (C=O) groups is 1. The van der Waals surface area contributed by atoms with Crippen molar-refractivity contribution in [2.75, 3.05) is 5.32 Å². The van der Waals surface area contributed by atoms with Gasteiger partial charge in [-0.15, -0.1) is 11.3 Å². The highest BCUT2D eigenvalue weighted by Crippen LogP contribution is 2.48. The van der Waals surface area contributed by atoms with Crippen molar-refractivity contribution in [3.05, 3.63) is 85.2 Å². The molecule has 0 amide bonds. The molecule has 164 valence electrons. The summed E-state index contributed by atoms with van der Waals surface area (Å²) in [5, 5.41) is 5.68. The fourth-order valence-corrected chi connectivity index (χ4v) is 6.15. The van der Waals surface area contributed by atoms with Crippen LogP contribution in [0.4, 0.5) is 10.2 Å². The number of Topliss-reactive ketones (excluding diaryl/α,β-unsaturated/α-hetero) is 1. The van der Waals surface area contributed by atoms with Gasteiger partial charge in [-0.25, -0.2) is 9.37 Å². The molecule has 2 aromatic heterocycles. The zero-order valence-corrected chi connectivity index (χ0v) is 19.3. The van der Waals surface area contributed by atoms with E-state index < -0.39 is 5.92 Å². The minimum Gasteiger partial charge on any atom is -0.343 e. The standard InChI is InChI=1S/C24H22FN3O2S2/c1-24(2)10-15-18(16(29)11-24)19(17-8-5-9-31-17)20-21(26-15)27-23(28-22(20)30)32-12-13-6-3-4-7-14(13)25/h3-9,19H,10-12H2,1-2H3,(H2,26,27,28,30)/t19-/m1/s1. The van der Waals surface area contributed by atoms with Crippen LogP contribution >= 0.6 is 23.1 Å². The molecule has 8 heteroatoms. The van der Waals surface area contributed by atoms with Crippen molar-refractivity contribution in [2.45, 2.75) is 43.5 Å². The van der Waals surface area contributed by atoms with Gasteiger partial charge < -0.3 is 10.3 Å². The van der Waals surface area contributed by atoms with Crippen molar-refractivity contribution in [3.8, 4) is 0 Å². The maximum Gasteiger partial charge on any atom is 0.257 e. The average molecular weight is 468 g/mol. The number of nitrogens with one attached hydrogen (secondary N) is 2. The lowest BCUT2D eigenvalue weighted by Crippen LogP contribution is -2.36. The van der Waals surface area contributed by atoms with Crippen LogP contribution < -0.4 is 10.9 Å². The van der Waals surface area contributed by atoms with Crippen LogP contribution in [0.15, 0.2) is 63.0 Å². The van der Waals surface area contributed by atoms with Crippen LogP contribution in [-0.2, 0) is 10.5 Å². The molecule has 0 bridgehead atoms. The molecule has 2 N–H and O–H groups in total. The zero-order valence-electron chi connectivity index (χ0n) is 17.7. The predicted molar refractivity (Wildman–Crippen MR) is 126 cm³/mol. The first kappa shape index (κ1) is 21.2. The quantitative estimate of drug-likeness (QED) is 0.393. The summed E-state index contributed by atoms with van der Waals surface area (Å²) in [5.74, 6) is 0.195. The van der Waals surface area contributed by atoms with E-state index in [1.807, 2.05) is 17.5 Å². The van der Waals surface area contributed by atoms with E-state index in [1.54, 1.807) is 18.2 Å². The van der Waals surface area contributed by atoms with Gasteiger partial charge >= 0.3 is 0 Å². The second kappa shape index (κ2) is 8.01. The smallest absolute Gasteiger partial charge is 0.257 e. The summed E-state index contributed by atoms with van der Waals surface area (Å²) in [6.07, 6.45) is 1.16. The van der Waals surface area contributed by atoms with E-state index in [0.29, 0.717) is 46.3 Å². The predicted octanol–water partition coefficient (Wildman–Crippen LogP) is 5.46. The Bertz CT molecular complexity index is 1290. The number of aromatic amines is 1. The van der Waals surface area contributed by atoms with E-state index in [2.05, 4.69) is 29.1 Å². The Morgan fingerprint density at radius 1 is 1.19 bits per heavy atom. The van der Waals surface area contributed by atoms with Crippen molar-refractivity contribution in [1.29, 1.82) is 0 Å². The Balaban J connectivity index is 1.56. The Morgan fingerprint density at radius 2 is 2.00 bits per heavy atom. The summed E-state index contributed by atoms with van der Waals surface area (Å²) in [7, 11) is 0. The van der Waals surface area contributed by atoms with Crippen molar-refractivity contribution >= 4 is 34.7 Å². The SMILES string of the molecule is CC1(C)CC(=O)C2=C(C1)Nc1nc(SCc3ccccc3F)[nH]c(=O)c1[C@@H]2c1cccs1. The van der Waals surface area contributed by atoms with Gasteiger partial charge in [-0.05, 0) is 34.9 Å². The molecule has 1 aromatic carbocycles. The van der Waals surface area contributed by atoms with Crippen LogP contribution in [0.5, 0.6) is 0 Å². The van der Waals surface area contributed by atoms with Crippen molar-refractivity contribution in [1.82, 2.24) is 9.97 Å². The Morgan fingerprint density at radius 3 is 2.75 bits per heavy atom. The topological polar surface area (TPSA) is 74.8 Å². The minimum atomic E-state index is -0.424. The maximum absolute atomic E-state index is 14.0. The molecule has 1 aliphatic heterocycles. The fraction of sp³-hybridized carbons (Fsp3) is 0.292. The van der Waals surface area contributed by atoms with Crippen LogP contribution in [0.3, 0.4) is 0 Å². The lowest BCUT2D eigenvalue weighted by molar-refractivity contribution is -0.118. The van der Waals surface area contributed by atoms with Crippen molar-refractivity contribution < 1.29 is 9.18 Å². The van der Waals surface area contributed by atoms with E-state index in [0.717, 1.165) is 10.6 Å². The summed E-state index contributed by atoms with van der Waals surface area (Å²) in [4.78, 5) is 34.9. The maximum atomic E-state index is 14.0. The molecule has 1 aliphatic carbocycles. The first-order chi connectivity index (χ1) is 15.3. The molecule has 32 heavy (non-hydrogen) atoms. The zero-order chi connectivity index (χ0) is 22.5. The largest absolute Gasteiger partial charge is 0.343 e. The fourth-order valence-electron chi connectivity index (χ4n) is 4.46. The number of rotatable bonds is 4. The van der Waals surface area contributed by atoms with Crippen LogP contribution in [-0.4, -0.2) is 15.8 Å². The van der Waals surface area contributed by atoms with Gasteiger partial charge in [-0.3, -0.25) is 9.59 Å². The summed E-state index contributed by atoms with van der Waals surface area (Å²) >= 11 is 2.81. The van der Waals surface area contributed by atoms with E-state index in [9.17, 15) is 14.0 Å². The van der Waals surface area contributed by atoms with Crippen LogP contribution in [0.1, 0.15) is 48.6 Å². The number of thiophene rings is 1. The highest BCUT2D eigenvalue weighted by molar-refractivity contribution is 7.98. The molecular weight excluding hydrogens is 445 g/mol. The van der Waals surface area contributed by atoms with E-state index in [1.165, 1.54) is 29.2 Å². The number of benzene rings is 1. The molecule has 3 aromatic rings. The Hall–Kier alpha value is -2.71. The number of fused-ring (bicyclic) bond motifs is 1. The van der Waals surface area contributed by atoms with E-state index >= 15 is 0 Å². The first-order valence-electron chi connectivity index (χ1n) is 10.4. The average Bonchev–Trinajstić information content (AvgIpc) is 3.25. The second-order valence-corrected chi connectivity index (χ2v) is 10.9. The molecule has 0 radical (unpaired) electrons. The van der Waals surface area contributed by atoms with Gasteiger partial charge in [0.05, 0.1) is 11.5 Å². The summed E-state index contributed by atoms with van der Waals surface area (Å²) in [6.45, 7) is 4.15. The molecule has 5 rings (SSSR count). The van der Waals surface area contributed by atoms with E-state index in [4.69, 9.17) is 0 Å². The summed E-state index contributed by atoms with van der Waals surface area (Å²) < 4.78 is 14.0. The van der Waals surface area contributed by atoms with Crippen LogP contribution in [0.25, 0.3) is 0 Å². The molecule has 0 fully saturated rings. The van der Waals surface area contributed by atoms with Gasteiger partial charge in [-0.1, -0.05) is 49.9 Å². The van der Waals surface area contributed by atoms with Crippen LogP contribution in [0, 0.1) is 11.2 Å². The number of halogens is 1.